The second kappa shape index (κ2) is 10.4. The van der Waals surface area contributed by atoms with Crippen LogP contribution in [0.4, 0.5) is 4.79 Å². The van der Waals surface area contributed by atoms with Crippen molar-refractivity contribution in [1.82, 2.24) is 14.5 Å². The number of methoxy groups -OCH3 is 1. The van der Waals surface area contributed by atoms with E-state index in [1.54, 1.807) is 45.0 Å². The molecule has 0 fully saturated rings. The van der Waals surface area contributed by atoms with E-state index in [4.69, 9.17) is 4.74 Å². The Morgan fingerprint density at radius 2 is 1.49 bits per heavy atom. The zero-order chi connectivity index (χ0) is 29.2. The first-order valence-corrected chi connectivity index (χ1v) is 11.3. The fourth-order valence-corrected chi connectivity index (χ4v) is 4.16. The highest BCUT2D eigenvalue weighted by Gasteiger charge is 2.38. The smallest absolute Gasteiger partial charge is 0.410 e. The van der Waals surface area contributed by atoms with Crippen molar-refractivity contribution in [2.45, 2.75) is 38.8 Å². The van der Waals surface area contributed by atoms with Crippen LogP contribution < -0.4 is 5.56 Å². The summed E-state index contributed by atoms with van der Waals surface area (Å²) < 4.78 is 11.0. The van der Waals surface area contributed by atoms with Crippen LogP contribution in [0.25, 0.3) is 0 Å². The van der Waals surface area contributed by atoms with Crippen LogP contribution in [-0.4, -0.2) is 62.5 Å². The summed E-state index contributed by atoms with van der Waals surface area (Å²) in [6.45, 7) is 4.08. The van der Waals surface area contributed by atoms with Gasteiger partial charge in [0.25, 0.3) is 5.56 Å². The van der Waals surface area contributed by atoms with Crippen LogP contribution in [-0.2, 0) is 16.0 Å². The highest BCUT2D eigenvalue weighted by atomic mass is 16.6. The summed E-state index contributed by atoms with van der Waals surface area (Å²) in [7, 11) is 0.994. The summed E-state index contributed by atoms with van der Waals surface area (Å²) in [5, 5.41) is 60.2. The standard InChI is InChI=1S/C25H21N7O7/c1-25(2,3)39-24(37)31-5-6-32-21(30-18(23(36)38-4)20(34)22(32)35)16(11-31)17-12(7-26)14(9-28)19(33)15(10-29)13(17)8-27/h16,33-34H,5-6,11H2,1-4H3. The lowest BCUT2D eigenvalue weighted by Gasteiger charge is -2.29. The Morgan fingerprint density at radius 1 is 0.949 bits per heavy atom. The molecule has 0 radical (unpaired) electrons. The van der Waals surface area contributed by atoms with Gasteiger partial charge in [0.05, 0.1) is 24.2 Å². The van der Waals surface area contributed by atoms with Gasteiger partial charge in [-0.3, -0.25) is 9.36 Å². The minimum absolute atomic E-state index is 0.158. The number of benzene rings is 1. The van der Waals surface area contributed by atoms with Crippen molar-refractivity contribution in [2.24, 2.45) is 0 Å². The number of fused-ring (bicyclic) bond motifs is 1. The maximum Gasteiger partial charge on any atom is 0.410 e. The maximum absolute atomic E-state index is 13.2. The van der Waals surface area contributed by atoms with Crippen LogP contribution in [0.15, 0.2) is 4.79 Å². The molecule has 198 valence electrons. The number of ether oxygens (including phenoxy) is 2. The number of carbonyl (C=O) groups is 2. The second-order valence-electron chi connectivity index (χ2n) is 9.30. The van der Waals surface area contributed by atoms with Crippen LogP contribution in [0, 0.1) is 45.3 Å². The number of aromatic nitrogens is 2. The highest BCUT2D eigenvalue weighted by Crippen LogP contribution is 2.39. The molecular weight excluding hydrogens is 510 g/mol. The van der Waals surface area contributed by atoms with Crippen molar-refractivity contribution in [3.05, 3.63) is 49.7 Å². The molecule has 0 spiro atoms. The first-order valence-electron chi connectivity index (χ1n) is 11.3. The molecule has 1 aliphatic rings. The minimum atomic E-state index is -1.39. The molecule has 14 nitrogen and oxygen atoms in total. The van der Waals surface area contributed by atoms with Crippen molar-refractivity contribution < 1.29 is 29.3 Å². The molecule has 14 heteroatoms. The largest absolute Gasteiger partial charge is 0.505 e. The average Bonchev–Trinajstić information content (AvgIpc) is 3.08. The molecule has 1 atom stereocenters. The minimum Gasteiger partial charge on any atom is -0.505 e. The summed E-state index contributed by atoms with van der Waals surface area (Å²) in [5.74, 6) is -4.74. The van der Waals surface area contributed by atoms with Crippen LogP contribution in [0.3, 0.4) is 0 Å². The van der Waals surface area contributed by atoms with Gasteiger partial charge in [-0.15, -0.1) is 0 Å². The molecule has 1 aliphatic heterocycles. The molecule has 0 saturated carbocycles. The van der Waals surface area contributed by atoms with Gasteiger partial charge in [-0.2, -0.15) is 21.0 Å². The average molecular weight is 531 g/mol. The number of esters is 1. The van der Waals surface area contributed by atoms with Crippen molar-refractivity contribution in [3.63, 3.8) is 0 Å². The van der Waals surface area contributed by atoms with Crippen molar-refractivity contribution in [1.29, 1.82) is 21.0 Å². The summed E-state index contributed by atoms with van der Waals surface area (Å²) in [5.41, 5.74) is -5.29. The van der Waals surface area contributed by atoms with Crippen molar-refractivity contribution in [2.75, 3.05) is 20.2 Å². The Morgan fingerprint density at radius 3 is 1.95 bits per heavy atom. The summed E-state index contributed by atoms with van der Waals surface area (Å²) in [6, 6.07) is 6.79. The van der Waals surface area contributed by atoms with Gasteiger partial charge in [0, 0.05) is 25.2 Å². The Balaban J connectivity index is 2.50. The summed E-state index contributed by atoms with van der Waals surface area (Å²) in [6.07, 6.45) is -0.831. The molecule has 0 saturated heterocycles. The third-order valence-electron chi connectivity index (χ3n) is 5.82. The molecule has 2 N–H and O–H groups in total. The lowest BCUT2D eigenvalue weighted by Crippen LogP contribution is -2.39. The Hall–Kier alpha value is -5.60. The molecule has 1 amide bonds. The first-order chi connectivity index (χ1) is 18.3. The summed E-state index contributed by atoms with van der Waals surface area (Å²) >= 11 is 0. The molecule has 1 aromatic carbocycles. The molecule has 2 heterocycles. The molecule has 0 bridgehead atoms. The van der Waals surface area contributed by atoms with Crippen LogP contribution in [0.5, 0.6) is 11.5 Å². The molecule has 39 heavy (non-hydrogen) atoms. The van der Waals surface area contributed by atoms with Gasteiger partial charge in [-0.05, 0) is 20.8 Å². The van der Waals surface area contributed by atoms with E-state index in [0.717, 1.165) is 16.6 Å². The third kappa shape index (κ3) is 4.87. The molecule has 3 rings (SSSR count). The SMILES string of the molecule is COC(=O)c1nc2n(c(=O)c1O)CCN(C(=O)OC(C)(C)C)CC2c1c(C#N)c(C#N)c(O)c(C#N)c1C#N. The van der Waals surface area contributed by atoms with Crippen LogP contribution >= 0.6 is 0 Å². The Bertz CT molecular complexity index is 1570. The molecular formula is C25H21N7O7. The van der Waals surface area contributed by atoms with Gasteiger partial charge in [-0.25, -0.2) is 14.6 Å². The van der Waals surface area contributed by atoms with Gasteiger partial charge >= 0.3 is 12.1 Å². The Labute approximate surface area is 221 Å². The predicted molar refractivity (Wildman–Crippen MR) is 128 cm³/mol. The number of amides is 1. The molecule has 1 aromatic heterocycles. The molecule has 1 unspecified atom stereocenters. The van der Waals surface area contributed by atoms with E-state index >= 15 is 0 Å². The van der Waals surface area contributed by atoms with E-state index in [2.05, 4.69) is 9.72 Å². The van der Waals surface area contributed by atoms with E-state index < -0.39 is 75.1 Å². The maximum atomic E-state index is 13.2. The summed E-state index contributed by atoms with van der Waals surface area (Å²) in [4.78, 5) is 43.8. The van der Waals surface area contributed by atoms with E-state index in [-0.39, 0.29) is 24.5 Å². The van der Waals surface area contributed by atoms with Gasteiger partial charge < -0.3 is 24.6 Å². The van der Waals surface area contributed by atoms with Gasteiger partial charge in [0.15, 0.2) is 11.4 Å². The van der Waals surface area contributed by atoms with E-state index in [1.165, 1.54) is 0 Å². The topological polar surface area (TPSA) is 226 Å². The fraction of sp³-hybridized carbons (Fsp3) is 0.360. The van der Waals surface area contributed by atoms with Gasteiger partial charge in [0.2, 0.25) is 5.75 Å². The number of aromatic hydroxyl groups is 2. The van der Waals surface area contributed by atoms with E-state index in [1.807, 2.05) is 0 Å². The number of nitrogens with zero attached hydrogens (tertiary/aromatic N) is 7. The number of hydrogen-bond donors (Lipinski definition) is 2. The number of rotatable bonds is 2. The number of phenols is 1. The zero-order valence-corrected chi connectivity index (χ0v) is 21.3. The zero-order valence-electron chi connectivity index (χ0n) is 21.3. The Kier molecular flexibility index (Phi) is 7.47. The normalized spacial score (nSPS) is 14.5. The van der Waals surface area contributed by atoms with Gasteiger partial charge in [-0.1, -0.05) is 0 Å². The number of nitriles is 4. The fourth-order valence-electron chi connectivity index (χ4n) is 4.16. The van der Waals surface area contributed by atoms with Crippen molar-refractivity contribution in [3.8, 4) is 35.8 Å². The van der Waals surface area contributed by atoms with Crippen LogP contribution in [0.1, 0.15) is 70.8 Å². The number of carbonyl (C=O) groups excluding carboxylic acids is 2. The highest BCUT2D eigenvalue weighted by molar-refractivity contribution is 5.90. The van der Waals surface area contributed by atoms with Gasteiger partial charge in [0.1, 0.15) is 46.8 Å². The molecule has 2 aromatic rings. The van der Waals surface area contributed by atoms with Crippen LogP contribution in [0.2, 0.25) is 0 Å². The first kappa shape index (κ1) is 28.0. The quantitative estimate of drug-likeness (QED) is 0.523. The number of hydrogen-bond acceptors (Lipinski definition) is 12. The van der Waals surface area contributed by atoms with Crippen molar-refractivity contribution >= 4 is 12.1 Å². The van der Waals surface area contributed by atoms with E-state index in [0.29, 0.717) is 0 Å². The lowest BCUT2D eigenvalue weighted by atomic mass is 9.83. The predicted octanol–water partition coefficient (Wildman–Crippen LogP) is 1.31. The third-order valence-corrected chi connectivity index (χ3v) is 5.82. The lowest BCUT2D eigenvalue weighted by molar-refractivity contribution is 0.0247. The van der Waals surface area contributed by atoms with E-state index in [9.17, 15) is 45.6 Å². The monoisotopic (exact) mass is 531 g/mol. The number of phenolic OH excluding ortho intramolecular Hbond substituents is 1. The second-order valence-corrected chi connectivity index (χ2v) is 9.30. The molecule has 0 aliphatic carbocycles.